The molecular formula is C29H39N5OS. The van der Waals surface area contributed by atoms with Gasteiger partial charge >= 0.3 is 0 Å². The zero-order valence-electron chi connectivity index (χ0n) is 21.8. The molecule has 2 aromatic rings. The highest BCUT2D eigenvalue weighted by Crippen LogP contribution is 2.25. The van der Waals surface area contributed by atoms with Gasteiger partial charge in [-0.05, 0) is 79.1 Å². The van der Waals surface area contributed by atoms with E-state index in [0.29, 0.717) is 29.1 Å². The van der Waals surface area contributed by atoms with Crippen molar-refractivity contribution < 1.29 is 4.79 Å². The second kappa shape index (κ2) is 15.8. The normalized spacial score (nSPS) is 12.8. The summed E-state index contributed by atoms with van der Waals surface area (Å²) in [6.07, 6.45) is 11.1. The van der Waals surface area contributed by atoms with Crippen LogP contribution in [0.4, 0.5) is 11.4 Å². The summed E-state index contributed by atoms with van der Waals surface area (Å²) in [6.45, 7) is 6.85. The predicted molar refractivity (Wildman–Crippen MR) is 158 cm³/mol. The smallest absolute Gasteiger partial charge is 0.211 e. The van der Waals surface area contributed by atoms with Crippen LogP contribution in [0.3, 0.4) is 0 Å². The van der Waals surface area contributed by atoms with Crippen LogP contribution in [0.25, 0.3) is 6.08 Å². The number of carbonyl (C=O) groups excluding carboxylic acids is 1. The van der Waals surface area contributed by atoms with E-state index in [2.05, 4.69) is 59.2 Å². The second-order valence-corrected chi connectivity index (χ2v) is 9.63. The number of benzene rings is 2. The SMILES string of the molecule is CCC1=CCC=CS1.CNCCN(C)Cc1cccc(/C=C/C(=N)c2cc(NC=O)c(C)cc2N)c1. The fourth-order valence-corrected chi connectivity index (χ4v) is 4.35. The molecule has 1 heterocycles. The average Bonchev–Trinajstić information content (AvgIpc) is 2.88. The quantitative estimate of drug-likeness (QED) is 0.176. The van der Waals surface area contributed by atoms with Gasteiger partial charge in [0.1, 0.15) is 0 Å². The summed E-state index contributed by atoms with van der Waals surface area (Å²) in [5.74, 6) is 0. The topological polar surface area (TPSA) is 94.2 Å². The minimum atomic E-state index is 0.294. The molecular weight excluding hydrogens is 466 g/mol. The lowest BCUT2D eigenvalue weighted by Gasteiger charge is -2.16. The van der Waals surface area contributed by atoms with E-state index >= 15 is 0 Å². The van der Waals surface area contributed by atoms with Crippen LogP contribution in [0.2, 0.25) is 0 Å². The number of likely N-dealkylation sites (N-methyl/N-ethyl adjacent to an activating group) is 2. The van der Waals surface area contributed by atoms with Crippen molar-refractivity contribution in [2.45, 2.75) is 33.2 Å². The second-order valence-electron chi connectivity index (χ2n) is 8.60. The van der Waals surface area contributed by atoms with E-state index < -0.39 is 0 Å². The number of hydrogen-bond acceptors (Lipinski definition) is 6. The molecule has 1 aliphatic rings. The number of amides is 1. The average molecular weight is 506 g/mol. The molecule has 0 radical (unpaired) electrons. The zero-order valence-corrected chi connectivity index (χ0v) is 22.6. The lowest BCUT2D eigenvalue weighted by atomic mass is 10.0. The Balaban J connectivity index is 0.000000482. The largest absolute Gasteiger partial charge is 0.398 e. The first-order valence-electron chi connectivity index (χ1n) is 12.2. The third-order valence-electron chi connectivity index (χ3n) is 5.64. The molecule has 3 rings (SSSR count). The van der Waals surface area contributed by atoms with Crippen LogP contribution in [0.15, 0.2) is 64.9 Å². The van der Waals surface area contributed by atoms with Crippen LogP contribution >= 0.6 is 11.8 Å². The molecule has 7 heteroatoms. The zero-order chi connectivity index (χ0) is 26.3. The summed E-state index contributed by atoms with van der Waals surface area (Å²) >= 11 is 1.84. The van der Waals surface area contributed by atoms with Gasteiger partial charge in [-0.3, -0.25) is 4.79 Å². The molecule has 0 fully saturated rings. The lowest BCUT2D eigenvalue weighted by molar-refractivity contribution is -0.105. The summed E-state index contributed by atoms with van der Waals surface area (Å²) in [6, 6.07) is 11.8. The Morgan fingerprint density at radius 3 is 2.72 bits per heavy atom. The van der Waals surface area contributed by atoms with E-state index in [1.807, 2.05) is 43.9 Å². The Morgan fingerprint density at radius 1 is 1.28 bits per heavy atom. The number of anilines is 2. The van der Waals surface area contributed by atoms with Crippen molar-refractivity contribution >= 4 is 41.3 Å². The fourth-order valence-electron chi connectivity index (χ4n) is 3.61. The molecule has 0 atom stereocenters. The molecule has 192 valence electrons. The van der Waals surface area contributed by atoms with Crippen molar-refractivity contribution in [3.8, 4) is 0 Å². The number of rotatable bonds is 11. The van der Waals surface area contributed by atoms with E-state index in [-0.39, 0.29) is 0 Å². The van der Waals surface area contributed by atoms with Gasteiger partial charge in [-0.15, -0.1) is 11.8 Å². The van der Waals surface area contributed by atoms with Crippen LogP contribution in [-0.4, -0.2) is 44.2 Å². The molecule has 36 heavy (non-hydrogen) atoms. The van der Waals surface area contributed by atoms with Crippen molar-refractivity contribution in [3.05, 3.63) is 87.2 Å². The molecule has 5 N–H and O–H groups in total. The Kier molecular flexibility index (Phi) is 12.8. The number of nitrogens with zero attached hydrogens (tertiary/aromatic N) is 1. The predicted octanol–water partition coefficient (Wildman–Crippen LogP) is 5.81. The number of carbonyl (C=O) groups is 1. The van der Waals surface area contributed by atoms with Gasteiger partial charge in [0.15, 0.2) is 0 Å². The molecule has 0 spiro atoms. The van der Waals surface area contributed by atoms with Crippen molar-refractivity contribution in [3.63, 3.8) is 0 Å². The third-order valence-corrected chi connectivity index (χ3v) is 6.72. The fraction of sp³-hybridized carbons (Fsp3) is 0.310. The highest BCUT2D eigenvalue weighted by molar-refractivity contribution is 8.05. The van der Waals surface area contributed by atoms with Crippen molar-refractivity contribution in [2.24, 2.45) is 0 Å². The first-order chi connectivity index (χ1) is 17.4. The van der Waals surface area contributed by atoms with Crippen LogP contribution in [0, 0.1) is 12.3 Å². The van der Waals surface area contributed by atoms with Gasteiger partial charge in [-0.25, -0.2) is 0 Å². The van der Waals surface area contributed by atoms with Gasteiger partial charge in [0, 0.05) is 36.6 Å². The molecule has 0 unspecified atom stereocenters. The van der Waals surface area contributed by atoms with E-state index in [1.165, 1.54) is 16.9 Å². The third kappa shape index (κ3) is 9.85. The first-order valence-corrected chi connectivity index (χ1v) is 13.1. The number of thioether (sulfide) groups is 1. The Morgan fingerprint density at radius 2 is 2.08 bits per heavy atom. The van der Waals surface area contributed by atoms with E-state index in [0.717, 1.165) is 37.2 Å². The number of hydrogen-bond donors (Lipinski definition) is 4. The maximum atomic E-state index is 10.8. The molecule has 0 aromatic heterocycles. The minimum Gasteiger partial charge on any atom is -0.398 e. The van der Waals surface area contributed by atoms with Crippen LogP contribution in [0.5, 0.6) is 0 Å². The molecule has 2 aromatic carbocycles. The summed E-state index contributed by atoms with van der Waals surface area (Å²) in [4.78, 5) is 14.5. The molecule has 0 bridgehead atoms. The Labute approximate surface area is 220 Å². The van der Waals surface area contributed by atoms with E-state index in [4.69, 9.17) is 11.1 Å². The summed E-state index contributed by atoms with van der Waals surface area (Å²) in [7, 11) is 4.05. The van der Waals surface area contributed by atoms with E-state index in [9.17, 15) is 4.79 Å². The molecule has 6 nitrogen and oxygen atoms in total. The highest BCUT2D eigenvalue weighted by Gasteiger charge is 2.08. The molecule has 0 aliphatic carbocycles. The summed E-state index contributed by atoms with van der Waals surface area (Å²) < 4.78 is 0. The van der Waals surface area contributed by atoms with Gasteiger partial charge in [-0.1, -0.05) is 49.4 Å². The van der Waals surface area contributed by atoms with Crippen molar-refractivity contribution in [2.75, 3.05) is 38.2 Å². The monoisotopic (exact) mass is 505 g/mol. The van der Waals surface area contributed by atoms with Crippen molar-refractivity contribution in [1.82, 2.24) is 10.2 Å². The number of nitrogens with two attached hydrogens (primary N) is 1. The Bertz CT molecular complexity index is 1110. The maximum Gasteiger partial charge on any atom is 0.211 e. The highest BCUT2D eigenvalue weighted by atomic mass is 32.2. The number of aryl methyl sites for hydroxylation is 1. The lowest BCUT2D eigenvalue weighted by Crippen LogP contribution is -2.26. The number of nitrogens with one attached hydrogen (secondary N) is 3. The van der Waals surface area contributed by atoms with Gasteiger partial charge in [0.2, 0.25) is 6.41 Å². The van der Waals surface area contributed by atoms with Gasteiger partial charge in [0.05, 0.1) is 5.71 Å². The van der Waals surface area contributed by atoms with Gasteiger partial charge < -0.3 is 26.7 Å². The number of nitrogen functional groups attached to an aromatic ring is 1. The standard InChI is InChI=1S/C22H29N5O.C7H10S/c1-16-11-21(24)19(13-22(16)26-15-28)20(23)8-7-17-5-4-6-18(12-17)14-27(3)10-9-25-2;1-2-7-5-3-4-6-8-7/h4-8,11-13,15,23,25H,9-10,14,24H2,1-3H3,(H,26,28);4-6H,2-3H2,1H3/b8-7+,23-20?;. The van der Waals surface area contributed by atoms with Crippen LogP contribution in [0.1, 0.15) is 42.0 Å². The van der Waals surface area contributed by atoms with Gasteiger partial charge in [-0.2, -0.15) is 0 Å². The van der Waals surface area contributed by atoms with E-state index in [1.54, 1.807) is 18.2 Å². The first kappa shape index (κ1) is 29.1. The van der Waals surface area contributed by atoms with Crippen molar-refractivity contribution in [1.29, 1.82) is 5.41 Å². The Hall–Kier alpha value is -3.13. The number of allylic oxidation sites excluding steroid dienone is 4. The van der Waals surface area contributed by atoms with Crippen LogP contribution < -0.4 is 16.4 Å². The molecule has 1 aliphatic heterocycles. The van der Waals surface area contributed by atoms with Crippen LogP contribution in [-0.2, 0) is 11.3 Å². The minimum absolute atomic E-state index is 0.294. The van der Waals surface area contributed by atoms with Gasteiger partial charge in [0.25, 0.3) is 0 Å². The maximum absolute atomic E-state index is 10.8. The molecule has 0 saturated heterocycles. The molecule has 1 amide bonds. The summed E-state index contributed by atoms with van der Waals surface area (Å²) in [5.41, 5.74) is 11.2. The summed E-state index contributed by atoms with van der Waals surface area (Å²) in [5, 5.41) is 16.3. The molecule has 0 saturated carbocycles.